The summed E-state index contributed by atoms with van der Waals surface area (Å²) in [5.74, 6) is 0. The molecule has 13 heteroatoms. The molecule has 0 atom stereocenters. The van der Waals surface area contributed by atoms with Crippen molar-refractivity contribution in [1.82, 2.24) is 0 Å². The molecular weight excluding hydrogens is 748 g/mol. The van der Waals surface area contributed by atoms with Crippen LogP contribution in [0.1, 0.15) is 110 Å². The highest BCUT2D eigenvalue weighted by molar-refractivity contribution is 4.63. The molecule has 0 N–H and O–H groups in total. The van der Waals surface area contributed by atoms with Gasteiger partial charge in [0.1, 0.15) is 0 Å². The summed E-state index contributed by atoms with van der Waals surface area (Å²) < 4.78 is 71.4. The van der Waals surface area contributed by atoms with Crippen LogP contribution in [0.5, 0.6) is 0 Å². The molecule has 0 amide bonds. The Hall–Kier alpha value is -0.780. The monoisotopic (exact) mass is 839 g/mol. The predicted molar refractivity (Wildman–Crippen MR) is 230 cm³/mol. The first-order valence-electron chi connectivity index (χ1n) is 23.0. The molecule has 0 heterocycles. The van der Waals surface area contributed by atoms with Crippen molar-refractivity contribution in [2.24, 2.45) is 0 Å². The predicted octanol–water partition coefficient (Wildman–Crippen LogP) is 7.65. The molecule has 0 spiro atoms. The van der Waals surface area contributed by atoms with Gasteiger partial charge in [-0.2, -0.15) is 0 Å². The fraction of sp³-hybridized carbons (Fsp3) is 0.956. The lowest BCUT2D eigenvalue weighted by Crippen LogP contribution is -2.15. The van der Waals surface area contributed by atoms with Gasteiger partial charge in [0, 0.05) is 6.61 Å². The first-order chi connectivity index (χ1) is 28.9. The van der Waals surface area contributed by atoms with Crippen LogP contribution in [0.25, 0.3) is 0 Å². The summed E-state index contributed by atoms with van der Waals surface area (Å²) in [4.78, 5) is 0. The zero-order chi connectivity index (χ0) is 41.6. The first-order valence-corrected chi connectivity index (χ1v) is 23.0. The molecule has 0 aliphatic rings. The van der Waals surface area contributed by atoms with E-state index in [0.29, 0.717) is 165 Å². The number of hydrogen-bond acceptors (Lipinski definition) is 13. The lowest BCUT2D eigenvalue weighted by atomic mass is 10.0. The quantitative estimate of drug-likeness (QED) is 0.0441. The number of unbranched alkanes of at least 4 members (excludes halogenated alkanes) is 15. The molecule has 0 unspecified atom stereocenters. The summed E-state index contributed by atoms with van der Waals surface area (Å²) in [7, 11) is 0. The maximum Gasteiger partial charge on any atom is 0.0704 e. The van der Waals surface area contributed by atoms with E-state index in [1.54, 1.807) is 6.08 Å². The van der Waals surface area contributed by atoms with Crippen molar-refractivity contribution in [1.29, 1.82) is 0 Å². The second-order valence-electron chi connectivity index (χ2n) is 14.0. The SMILES string of the molecule is C=CCOCCOCCOCCOCCOCCOCCOCCOCCOCCOCCOCCOCCOCCCCCCCCCCCCCCCCCC. The molecule has 0 bridgehead atoms. The number of rotatable bonds is 55. The van der Waals surface area contributed by atoms with Crippen LogP contribution < -0.4 is 0 Å². The molecule has 348 valence electrons. The van der Waals surface area contributed by atoms with Crippen LogP contribution in [0.4, 0.5) is 0 Å². The van der Waals surface area contributed by atoms with E-state index in [-0.39, 0.29) is 0 Å². The van der Waals surface area contributed by atoms with Crippen LogP contribution in [0, 0.1) is 0 Å². The fourth-order valence-electron chi connectivity index (χ4n) is 5.56. The molecule has 0 radical (unpaired) electrons. The van der Waals surface area contributed by atoms with Gasteiger partial charge < -0.3 is 61.6 Å². The average Bonchev–Trinajstić information content (AvgIpc) is 3.23. The minimum absolute atomic E-state index is 0.514. The van der Waals surface area contributed by atoms with Crippen molar-refractivity contribution in [3.05, 3.63) is 12.7 Å². The van der Waals surface area contributed by atoms with E-state index in [4.69, 9.17) is 61.6 Å². The minimum atomic E-state index is 0.514. The van der Waals surface area contributed by atoms with Gasteiger partial charge >= 0.3 is 0 Å². The van der Waals surface area contributed by atoms with Crippen molar-refractivity contribution in [2.75, 3.05) is 172 Å². The summed E-state index contributed by atoms with van der Waals surface area (Å²) in [5.41, 5.74) is 0. The zero-order valence-corrected chi connectivity index (χ0v) is 37.3. The number of ether oxygens (including phenoxy) is 13. The summed E-state index contributed by atoms with van der Waals surface area (Å²) in [6, 6.07) is 0. The highest BCUT2D eigenvalue weighted by Crippen LogP contribution is 2.13. The maximum absolute atomic E-state index is 5.70. The van der Waals surface area contributed by atoms with Gasteiger partial charge in [0.05, 0.1) is 165 Å². The van der Waals surface area contributed by atoms with Crippen LogP contribution in [0.15, 0.2) is 12.7 Å². The van der Waals surface area contributed by atoms with Crippen LogP contribution in [-0.2, 0) is 61.6 Å². The van der Waals surface area contributed by atoms with Crippen molar-refractivity contribution in [2.45, 2.75) is 110 Å². The van der Waals surface area contributed by atoms with Gasteiger partial charge in [-0.25, -0.2) is 0 Å². The molecule has 0 saturated heterocycles. The van der Waals surface area contributed by atoms with Gasteiger partial charge in [-0.3, -0.25) is 0 Å². The molecule has 0 rings (SSSR count). The molecule has 13 nitrogen and oxygen atoms in total. The van der Waals surface area contributed by atoms with Crippen molar-refractivity contribution in [3.8, 4) is 0 Å². The van der Waals surface area contributed by atoms with E-state index in [2.05, 4.69) is 13.5 Å². The van der Waals surface area contributed by atoms with Gasteiger partial charge in [-0.15, -0.1) is 6.58 Å². The third-order valence-electron chi connectivity index (χ3n) is 8.84. The largest absolute Gasteiger partial charge is 0.379 e. The maximum atomic E-state index is 5.70. The van der Waals surface area contributed by atoms with Crippen LogP contribution in [0.2, 0.25) is 0 Å². The van der Waals surface area contributed by atoms with Crippen LogP contribution >= 0.6 is 0 Å². The molecule has 0 fully saturated rings. The Bertz CT molecular complexity index is 722. The van der Waals surface area contributed by atoms with Gasteiger partial charge in [-0.1, -0.05) is 109 Å². The lowest BCUT2D eigenvalue weighted by molar-refractivity contribution is -0.0289. The van der Waals surface area contributed by atoms with E-state index in [1.165, 1.54) is 96.3 Å². The second kappa shape index (κ2) is 56.2. The summed E-state index contributed by atoms with van der Waals surface area (Å²) in [6.07, 6.45) is 23.9. The first kappa shape index (κ1) is 57.2. The highest BCUT2D eigenvalue weighted by Gasteiger charge is 1.98. The van der Waals surface area contributed by atoms with Gasteiger partial charge in [0.2, 0.25) is 0 Å². The molecular formula is C45H90O13. The molecule has 0 saturated carbocycles. The average molecular weight is 839 g/mol. The Balaban J connectivity index is 3.06. The minimum Gasteiger partial charge on any atom is -0.379 e. The Morgan fingerprint density at radius 3 is 0.603 bits per heavy atom. The lowest BCUT2D eigenvalue weighted by Gasteiger charge is -2.09. The highest BCUT2D eigenvalue weighted by atomic mass is 16.6. The molecule has 0 aromatic heterocycles. The Morgan fingerprint density at radius 1 is 0.224 bits per heavy atom. The van der Waals surface area contributed by atoms with Crippen molar-refractivity contribution >= 4 is 0 Å². The summed E-state index contributed by atoms with van der Waals surface area (Å²) >= 11 is 0. The van der Waals surface area contributed by atoms with Crippen molar-refractivity contribution < 1.29 is 61.6 Å². The van der Waals surface area contributed by atoms with Crippen LogP contribution in [0.3, 0.4) is 0 Å². The molecule has 0 aliphatic carbocycles. The molecule has 0 aromatic rings. The fourth-order valence-corrected chi connectivity index (χ4v) is 5.56. The summed E-state index contributed by atoms with van der Waals surface area (Å²) in [5, 5.41) is 0. The van der Waals surface area contributed by atoms with E-state index in [0.717, 1.165) is 13.0 Å². The second-order valence-corrected chi connectivity index (χ2v) is 14.0. The smallest absolute Gasteiger partial charge is 0.0704 e. The normalized spacial score (nSPS) is 11.6. The van der Waals surface area contributed by atoms with Gasteiger partial charge in [-0.05, 0) is 6.42 Å². The van der Waals surface area contributed by atoms with Crippen molar-refractivity contribution in [3.63, 3.8) is 0 Å². The van der Waals surface area contributed by atoms with E-state index in [9.17, 15) is 0 Å². The van der Waals surface area contributed by atoms with E-state index >= 15 is 0 Å². The topological polar surface area (TPSA) is 120 Å². The Labute approximate surface area is 355 Å². The molecule has 0 aliphatic heterocycles. The van der Waals surface area contributed by atoms with Gasteiger partial charge in [0.15, 0.2) is 0 Å². The van der Waals surface area contributed by atoms with Crippen LogP contribution in [-0.4, -0.2) is 172 Å². The number of hydrogen-bond donors (Lipinski definition) is 0. The van der Waals surface area contributed by atoms with E-state index in [1.807, 2.05) is 0 Å². The Kier molecular flexibility index (Phi) is 55.5. The third-order valence-corrected chi connectivity index (χ3v) is 8.84. The molecule has 0 aromatic carbocycles. The van der Waals surface area contributed by atoms with E-state index < -0.39 is 0 Å². The standard InChI is InChI=1S/C45H90O13/c1-3-5-6-7-8-9-10-11-12-13-14-15-16-17-18-19-21-47-23-25-49-27-29-51-31-33-53-35-37-55-39-41-57-43-45-58-44-42-56-40-38-54-36-34-52-32-30-50-28-26-48-24-22-46-20-4-2/h4H,2-3,5-45H2,1H3. The third kappa shape index (κ3) is 55.2. The summed E-state index contributed by atoms with van der Waals surface area (Å²) in [6.45, 7) is 20.2. The molecule has 58 heavy (non-hydrogen) atoms. The Morgan fingerprint density at radius 2 is 0.397 bits per heavy atom. The zero-order valence-electron chi connectivity index (χ0n) is 37.3. The van der Waals surface area contributed by atoms with Gasteiger partial charge in [0.25, 0.3) is 0 Å².